The molecule has 0 aliphatic carbocycles. The highest BCUT2D eigenvalue weighted by Crippen LogP contribution is 2.22. The van der Waals surface area contributed by atoms with Crippen LogP contribution in [0.25, 0.3) is 0 Å². The standard InChI is InChI=1S/C20H25N3O3S/c1-23(2)16(18-9-5-11-27-18)13-21-19(24)14-6-3-7-15(12-14)22-20(25)17-8-4-10-26-17/h3,5-7,9,11-12,16-17H,4,8,10,13H2,1-2H3,(H,21,24)(H,22,25). The van der Waals surface area contributed by atoms with E-state index in [0.29, 0.717) is 24.4 Å². The molecule has 2 heterocycles. The predicted molar refractivity (Wildman–Crippen MR) is 107 cm³/mol. The van der Waals surface area contributed by atoms with Crippen LogP contribution in [-0.2, 0) is 9.53 Å². The van der Waals surface area contributed by atoms with E-state index in [1.54, 1.807) is 35.6 Å². The minimum atomic E-state index is -0.394. The van der Waals surface area contributed by atoms with Crippen molar-refractivity contribution in [1.29, 1.82) is 0 Å². The van der Waals surface area contributed by atoms with Crippen LogP contribution in [0.15, 0.2) is 41.8 Å². The number of anilines is 1. The number of amides is 2. The summed E-state index contributed by atoms with van der Waals surface area (Å²) in [6.07, 6.45) is 1.24. The third kappa shape index (κ3) is 5.15. The van der Waals surface area contributed by atoms with Crippen LogP contribution in [-0.4, -0.2) is 50.1 Å². The second kappa shape index (κ2) is 9.12. The van der Waals surface area contributed by atoms with Crippen LogP contribution in [0.2, 0.25) is 0 Å². The summed E-state index contributed by atoms with van der Waals surface area (Å²) in [7, 11) is 4.00. The number of carbonyl (C=O) groups excluding carboxylic acids is 2. The second-order valence-corrected chi connectivity index (χ2v) is 7.76. The van der Waals surface area contributed by atoms with Gasteiger partial charge in [0.2, 0.25) is 0 Å². The molecule has 2 aromatic rings. The first-order chi connectivity index (χ1) is 13.0. The molecule has 27 heavy (non-hydrogen) atoms. The van der Waals surface area contributed by atoms with Crippen molar-refractivity contribution in [2.75, 3.05) is 32.6 Å². The number of carbonyl (C=O) groups is 2. The molecule has 2 atom stereocenters. The van der Waals surface area contributed by atoms with Gasteiger partial charge in [0.15, 0.2) is 0 Å². The number of rotatable bonds is 7. The number of hydrogen-bond acceptors (Lipinski definition) is 5. The Labute approximate surface area is 163 Å². The van der Waals surface area contributed by atoms with Gasteiger partial charge >= 0.3 is 0 Å². The molecule has 0 radical (unpaired) electrons. The Bertz CT molecular complexity index is 771. The molecule has 1 aliphatic heterocycles. The molecule has 1 aromatic heterocycles. The van der Waals surface area contributed by atoms with Gasteiger partial charge in [-0.1, -0.05) is 12.1 Å². The molecule has 1 aliphatic rings. The molecule has 0 bridgehead atoms. The maximum Gasteiger partial charge on any atom is 0.253 e. The zero-order chi connectivity index (χ0) is 19.2. The maximum absolute atomic E-state index is 12.6. The second-order valence-electron chi connectivity index (χ2n) is 6.78. The molecule has 1 aromatic carbocycles. The molecule has 0 saturated carbocycles. The summed E-state index contributed by atoms with van der Waals surface area (Å²) < 4.78 is 5.39. The monoisotopic (exact) mass is 387 g/mol. The van der Waals surface area contributed by atoms with E-state index in [1.807, 2.05) is 25.5 Å². The van der Waals surface area contributed by atoms with E-state index in [1.165, 1.54) is 4.88 Å². The highest BCUT2D eigenvalue weighted by atomic mass is 32.1. The largest absolute Gasteiger partial charge is 0.368 e. The van der Waals surface area contributed by atoms with Crippen LogP contribution in [0.5, 0.6) is 0 Å². The predicted octanol–water partition coefficient (Wildman–Crippen LogP) is 2.90. The van der Waals surface area contributed by atoms with Gasteiger partial charge in [0.05, 0.1) is 6.04 Å². The quantitative estimate of drug-likeness (QED) is 0.766. The lowest BCUT2D eigenvalue weighted by Gasteiger charge is -2.23. The number of benzene rings is 1. The van der Waals surface area contributed by atoms with E-state index < -0.39 is 6.10 Å². The van der Waals surface area contributed by atoms with Gasteiger partial charge in [0.1, 0.15) is 6.10 Å². The first-order valence-electron chi connectivity index (χ1n) is 9.05. The summed E-state index contributed by atoms with van der Waals surface area (Å²) in [5.41, 5.74) is 1.12. The highest BCUT2D eigenvalue weighted by Gasteiger charge is 2.23. The van der Waals surface area contributed by atoms with Crippen LogP contribution in [0, 0.1) is 0 Å². The van der Waals surface area contributed by atoms with Gasteiger partial charge in [0.25, 0.3) is 11.8 Å². The third-order valence-electron chi connectivity index (χ3n) is 4.57. The fourth-order valence-corrected chi connectivity index (χ4v) is 3.98. The minimum absolute atomic E-state index is 0.122. The Morgan fingerprint density at radius 1 is 1.30 bits per heavy atom. The zero-order valence-corrected chi connectivity index (χ0v) is 16.4. The normalized spacial score (nSPS) is 17.7. The molecule has 2 unspecified atom stereocenters. The van der Waals surface area contributed by atoms with Gasteiger partial charge in [-0.25, -0.2) is 0 Å². The van der Waals surface area contributed by atoms with E-state index in [9.17, 15) is 9.59 Å². The lowest BCUT2D eigenvalue weighted by atomic mass is 10.1. The molecular weight excluding hydrogens is 362 g/mol. The first kappa shape index (κ1) is 19.5. The van der Waals surface area contributed by atoms with Crippen LogP contribution in [0.4, 0.5) is 5.69 Å². The summed E-state index contributed by atoms with van der Waals surface area (Å²) in [5, 5.41) is 7.86. The Morgan fingerprint density at radius 2 is 2.15 bits per heavy atom. The first-order valence-corrected chi connectivity index (χ1v) is 9.93. The SMILES string of the molecule is CN(C)C(CNC(=O)c1cccc(NC(=O)C2CCCO2)c1)c1cccs1. The average molecular weight is 388 g/mol. The van der Waals surface area contributed by atoms with Gasteiger partial charge < -0.3 is 20.3 Å². The van der Waals surface area contributed by atoms with Crippen LogP contribution >= 0.6 is 11.3 Å². The Morgan fingerprint density at radius 3 is 2.81 bits per heavy atom. The molecule has 1 saturated heterocycles. The van der Waals surface area contributed by atoms with Gasteiger partial charge in [-0.05, 0) is 56.6 Å². The zero-order valence-electron chi connectivity index (χ0n) is 15.6. The topological polar surface area (TPSA) is 70.7 Å². The molecule has 2 N–H and O–H groups in total. The summed E-state index contributed by atoms with van der Waals surface area (Å²) in [6.45, 7) is 1.14. The van der Waals surface area contributed by atoms with Crippen molar-refractivity contribution in [3.63, 3.8) is 0 Å². The van der Waals surface area contributed by atoms with Gasteiger partial charge in [0, 0.05) is 29.3 Å². The van der Waals surface area contributed by atoms with E-state index >= 15 is 0 Å². The smallest absolute Gasteiger partial charge is 0.253 e. The van der Waals surface area contributed by atoms with Crippen LogP contribution in [0.1, 0.15) is 34.1 Å². The Hall–Kier alpha value is -2.22. The minimum Gasteiger partial charge on any atom is -0.368 e. The molecule has 3 rings (SSSR count). The molecule has 0 spiro atoms. The van der Waals surface area contributed by atoms with Crippen molar-refractivity contribution in [3.05, 3.63) is 52.2 Å². The molecule has 7 heteroatoms. The lowest BCUT2D eigenvalue weighted by Crippen LogP contribution is -2.34. The maximum atomic E-state index is 12.6. The van der Waals surface area contributed by atoms with Crippen molar-refractivity contribution >= 4 is 28.8 Å². The van der Waals surface area contributed by atoms with Crippen LogP contribution < -0.4 is 10.6 Å². The fourth-order valence-electron chi connectivity index (χ4n) is 3.06. The van der Waals surface area contributed by atoms with Crippen LogP contribution in [0.3, 0.4) is 0 Å². The average Bonchev–Trinajstić information content (AvgIpc) is 3.36. The molecule has 2 amide bonds. The van der Waals surface area contributed by atoms with Crippen molar-refractivity contribution in [1.82, 2.24) is 10.2 Å². The van der Waals surface area contributed by atoms with E-state index in [-0.39, 0.29) is 17.9 Å². The Balaban J connectivity index is 1.60. The summed E-state index contributed by atoms with van der Waals surface area (Å²) in [5.74, 6) is -0.318. The van der Waals surface area contributed by atoms with Crippen molar-refractivity contribution < 1.29 is 14.3 Å². The molecule has 6 nitrogen and oxygen atoms in total. The van der Waals surface area contributed by atoms with E-state index in [0.717, 1.165) is 12.8 Å². The van der Waals surface area contributed by atoms with Crippen molar-refractivity contribution in [2.24, 2.45) is 0 Å². The number of nitrogens with zero attached hydrogens (tertiary/aromatic N) is 1. The third-order valence-corrected chi connectivity index (χ3v) is 5.54. The number of nitrogens with one attached hydrogen (secondary N) is 2. The van der Waals surface area contributed by atoms with Gasteiger partial charge in [-0.15, -0.1) is 11.3 Å². The van der Waals surface area contributed by atoms with E-state index in [2.05, 4.69) is 21.6 Å². The summed E-state index contributed by atoms with van der Waals surface area (Å²) >= 11 is 1.68. The lowest BCUT2D eigenvalue weighted by molar-refractivity contribution is -0.124. The molecule has 1 fully saturated rings. The highest BCUT2D eigenvalue weighted by molar-refractivity contribution is 7.10. The number of likely N-dealkylation sites (N-methyl/N-ethyl adjacent to an activating group) is 1. The van der Waals surface area contributed by atoms with Gasteiger partial charge in [-0.2, -0.15) is 0 Å². The number of ether oxygens (including phenoxy) is 1. The summed E-state index contributed by atoms with van der Waals surface area (Å²) in [4.78, 5) is 28.0. The van der Waals surface area contributed by atoms with E-state index in [4.69, 9.17) is 4.74 Å². The number of hydrogen-bond donors (Lipinski definition) is 2. The van der Waals surface area contributed by atoms with Gasteiger partial charge in [-0.3, -0.25) is 9.59 Å². The van der Waals surface area contributed by atoms with Crippen molar-refractivity contribution in [3.8, 4) is 0 Å². The number of thiophene rings is 1. The molecule has 144 valence electrons. The Kier molecular flexibility index (Phi) is 6.60. The summed E-state index contributed by atoms with van der Waals surface area (Å²) in [6, 6.07) is 11.2. The molecular formula is C20H25N3O3S. The van der Waals surface area contributed by atoms with Crippen molar-refractivity contribution in [2.45, 2.75) is 25.0 Å². The fraction of sp³-hybridized carbons (Fsp3) is 0.400.